The zero-order chi connectivity index (χ0) is 12.5. The maximum atomic E-state index is 4.58. The van der Waals surface area contributed by atoms with Gasteiger partial charge in [0.15, 0.2) is 0 Å². The van der Waals surface area contributed by atoms with Crippen LogP contribution >= 0.6 is 0 Å². The largest absolute Gasteiger partial charge is 0.326 e. The van der Waals surface area contributed by atoms with E-state index < -0.39 is 0 Å². The van der Waals surface area contributed by atoms with Crippen LogP contribution in [0.15, 0.2) is 43.1 Å². The number of hydrogen-bond acceptors (Lipinski definition) is 2. The van der Waals surface area contributed by atoms with E-state index in [2.05, 4.69) is 53.7 Å². The zero-order valence-electron chi connectivity index (χ0n) is 10.6. The lowest BCUT2D eigenvalue weighted by molar-refractivity contribution is 0.965. The number of anilines is 2. The van der Waals surface area contributed by atoms with Gasteiger partial charge in [-0.25, -0.2) is 4.98 Å². The smallest absolute Gasteiger partial charge is 0.135 e. The molecule has 18 heavy (non-hydrogen) atoms. The molecule has 0 spiro atoms. The van der Waals surface area contributed by atoms with Crippen LogP contribution in [0.1, 0.15) is 16.7 Å². The van der Waals surface area contributed by atoms with E-state index in [-0.39, 0.29) is 0 Å². The summed E-state index contributed by atoms with van der Waals surface area (Å²) in [5.41, 5.74) is 4.97. The summed E-state index contributed by atoms with van der Waals surface area (Å²) in [6.45, 7) is 6.90. The van der Waals surface area contributed by atoms with Crippen molar-refractivity contribution in [2.75, 3.05) is 11.4 Å². The molecule has 1 aliphatic heterocycles. The fourth-order valence-corrected chi connectivity index (χ4v) is 2.54. The SMILES string of the molecule is C=Cc1cnc(N2CCc3ccccc32)c(C)c1. The van der Waals surface area contributed by atoms with Crippen molar-refractivity contribution in [2.45, 2.75) is 13.3 Å². The quantitative estimate of drug-likeness (QED) is 0.790. The van der Waals surface area contributed by atoms with Gasteiger partial charge in [-0.1, -0.05) is 30.9 Å². The molecule has 0 unspecified atom stereocenters. The average Bonchev–Trinajstić information content (AvgIpc) is 2.82. The van der Waals surface area contributed by atoms with Gasteiger partial charge < -0.3 is 4.90 Å². The van der Waals surface area contributed by atoms with Gasteiger partial charge in [0.1, 0.15) is 5.82 Å². The van der Waals surface area contributed by atoms with Crippen molar-refractivity contribution in [3.05, 3.63) is 59.8 Å². The van der Waals surface area contributed by atoms with Crippen LogP contribution in [0.3, 0.4) is 0 Å². The molecule has 1 aliphatic rings. The number of nitrogens with zero attached hydrogens (tertiary/aromatic N) is 2. The lowest BCUT2D eigenvalue weighted by Gasteiger charge is -2.20. The predicted molar refractivity (Wildman–Crippen MR) is 76.2 cm³/mol. The minimum atomic E-state index is 1.01. The van der Waals surface area contributed by atoms with E-state index in [1.54, 1.807) is 0 Å². The fourth-order valence-electron chi connectivity index (χ4n) is 2.54. The highest BCUT2D eigenvalue weighted by molar-refractivity contribution is 5.70. The zero-order valence-corrected chi connectivity index (χ0v) is 10.6. The van der Waals surface area contributed by atoms with Crippen LogP contribution in [-0.4, -0.2) is 11.5 Å². The Morgan fingerprint density at radius 1 is 1.33 bits per heavy atom. The molecule has 0 atom stereocenters. The Bertz CT molecular complexity index is 602. The van der Waals surface area contributed by atoms with Gasteiger partial charge in [-0.15, -0.1) is 0 Å². The normalized spacial score (nSPS) is 13.5. The van der Waals surface area contributed by atoms with Crippen molar-refractivity contribution in [3.63, 3.8) is 0 Å². The molecule has 0 bridgehead atoms. The highest BCUT2D eigenvalue weighted by Gasteiger charge is 2.21. The van der Waals surface area contributed by atoms with Crippen LogP contribution < -0.4 is 4.90 Å². The van der Waals surface area contributed by atoms with Crippen molar-refractivity contribution >= 4 is 17.6 Å². The first kappa shape index (κ1) is 11.0. The summed E-state index contributed by atoms with van der Waals surface area (Å²) >= 11 is 0. The molecule has 1 aromatic carbocycles. The number of para-hydroxylation sites is 1. The number of pyridine rings is 1. The Morgan fingerprint density at radius 3 is 2.94 bits per heavy atom. The van der Waals surface area contributed by atoms with Gasteiger partial charge in [-0.2, -0.15) is 0 Å². The maximum Gasteiger partial charge on any atom is 0.135 e. The Labute approximate surface area is 108 Å². The third-order valence-corrected chi connectivity index (χ3v) is 3.45. The molecule has 3 rings (SSSR count). The summed E-state index contributed by atoms with van der Waals surface area (Å²) in [5, 5.41) is 0. The van der Waals surface area contributed by atoms with E-state index in [0.29, 0.717) is 0 Å². The Morgan fingerprint density at radius 2 is 2.17 bits per heavy atom. The topological polar surface area (TPSA) is 16.1 Å². The monoisotopic (exact) mass is 236 g/mol. The second-order valence-corrected chi connectivity index (χ2v) is 4.64. The third kappa shape index (κ3) is 1.70. The maximum absolute atomic E-state index is 4.58. The van der Waals surface area contributed by atoms with Crippen LogP contribution in [0.25, 0.3) is 6.08 Å². The first-order valence-electron chi connectivity index (χ1n) is 6.24. The standard InChI is InChI=1S/C16H16N2/c1-3-13-10-12(2)16(17-11-13)18-9-8-14-6-4-5-7-15(14)18/h3-7,10-11H,1,8-9H2,2H3. The lowest BCUT2D eigenvalue weighted by atomic mass is 10.1. The average molecular weight is 236 g/mol. The molecule has 2 heteroatoms. The molecule has 1 aromatic heterocycles. The van der Waals surface area contributed by atoms with Crippen molar-refractivity contribution < 1.29 is 0 Å². The van der Waals surface area contributed by atoms with Crippen molar-refractivity contribution in [3.8, 4) is 0 Å². The summed E-state index contributed by atoms with van der Waals surface area (Å²) in [7, 11) is 0. The van der Waals surface area contributed by atoms with Gasteiger partial charge in [-0.05, 0) is 42.2 Å². The van der Waals surface area contributed by atoms with Crippen molar-refractivity contribution in [1.82, 2.24) is 4.98 Å². The van der Waals surface area contributed by atoms with Crippen LogP contribution in [0.2, 0.25) is 0 Å². The Hall–Kier alpha value is -2.09. The van der Waals surface area contributed by atoms with Crippen molar-refractivity contribution in [2.24, 2.45) is 0 Å². The molecule has 0 fully saturated rings. The summed E-state index contributed by atoms with van der Waals surface area (Å²) in [4.78, 5) is 6.89. The molecule has 0 aliphatic carbocycles. The Kier molecular flexibility index (Phi) is 2.63. The van der Waals surface area contributed by atoms with Crippen LogP contribution in [0, 0.1) is 6.92 Å². The molecule has 0 amide bonds. The minimum absolute atomic E-state index is 1.01. The second kappa shape index (κ2) is 4.30. The van der Waals surface area contributed by atoms with Gasteiger partial charge >= 0.3 is 0 Å². The number of rotatable bonds is 2. The van der Waals surface area contributed by atoms with E-state index in [0.717, 1.165) is 24.3 Å². The first-order chi connectivity index (χ1) is 8.79. The third-order valence-electron chi connectivity index (χ3n) is 3.45. The van der Waals surface area contributed by atoms with E-state index in [4.69, 9.17) is 0 Å². The number of hydrogen-bond donors (Lipinski definition) is 0. The van der Waals surface area contributed by atoms with Crippen molar-refractivity contribution in [1.29, 1.82) is 0 Å². The number of fused-ring (bicyclic) bond motifs is 1. The van der Waals surface area contributed by atoms with E-state index >= 15 is 0 Å². The minimum Gasteiger partial charge on any atom is -0.326 e. The Balaban J connectivity index is 2.05. The van der Waals surface area contributed by atoms with Crippen LogP contribution in [-0.2, 0) is 6.42 Å². The summed E-state index contributed by atoms with van der Waals surface area (Å²) in [6, 6.07) is 10.7. The second-order valence-electron chi connectivity index (χ2n) is 4.64. The lowest BCUT2D eigenvalue weighted by Crippen LogP contribution is -2.16. The molecular formula is C16H16N2. The summed E-state index contributed by atoms with van der Waals surface area (Å²) in [5.74, 6) is 1.06. The molecule has 0 radical (unpaired) electrons. The molecule has 90 valence electrons. The summed E-state index contributed by atoms with van der Waals surface area (Å²) in [6.07, 6.45) is 4.82. The molecule has 2 aromatic rings. The van der Waals surface area contributed by atoms with Gasteiger partial charge in [0, 0.05) is 18.4 Å². The molecule has 2 heterocycles. The molecule has 2 nitrogen and oxygen atoms in total. The van der Waals surface area contributed by atoms with E-state index in [1.807, 2.05) is 12.3 Å². The van der Waals surface area contributed by atoms with Crippen LogP contribution in [0.5, 0.6) is 0 Å². The fraction of sp³-hybridized carbons (Fsp3) is 0.188. The molecule has 0 N–H and O–H groups in total. The molecular weight excluding hydrogens is 220 g/mol. The summed E-state index contributed by atoms with van der Waals surface area (Å²) < 4.78 is 0. The van der Waals surface area contributed by atoms with Gasteiger partial charge in [0.05, 0.1) is 0 Å². The predicted octanol–water partition coefficient (Wildman–Crippen LogP) is 3.73. The first-order valence-corrected chi connectivity index (χ1v) is 6.24. The highest BCUT2D eigenvalue weighted by Crippen LogP contribution is 2.34. The van der Waals surface area contributed by atoms with E-state index in [9.17, 15) is 0 Å². The highest BCUT2D eigenvalue weighted by atomic mass is 15.2. The molecule has 0 saturated carbocycles. The van der Waals surface area contributed by atoms with Gasteiger partial charge in [0.25, 0.3) is 0 Å². The number of aromatic nitrogens is 1. The van der Waals surface area contributed by atoms with E-state index in [1.165, 1.54) is 16.8 Å². The van der Waals surface area contributed by atoms with Crippen LogP contribution in [0.4, 0.5) is 11.5 Å². The van der Waals surface area contributed by atoms with Gasteiger partial charge in [0.2, 0.25) is 0 Å². The number of benzene rings is 1. The molecule has 0 saturated heterocycles. The van der Waals surface area contributed by atoms with Gasteiger partial charge in [-0.3, -0.25) is 0 Å². The number of aryl methyl sites for hydroxylation is 1.